The van der Waals surface area contributed by atoms with E-state index in [4.69, 9.17) is 14.7 Å². The molecule has 0 unspecified atom stereocenters. The van der Waals surface area contributed by atoms with Crippen molar-refractivity contribution >= 4 is 6.09 Å². The summed E-state index contributed by atoms with van der Waals surface area (Å²) in [5.74, 6) is 0. The molecule has 2 aliphatic heterocycles. The maximum absolute atomic E-state index is 12.2. The number of carbonyl (C=O) groups excluding carboxylic acids is 1. The van der Waals surface area contributed by atoms with Crippen LogP contribution < -0.4 is 0 Å². The Morgan fingerprint density at radius 2 is 2.24 bits per heavy atom. The minimum absolute atomic E-state index is 0.170. The molecule has 0 radical (unpaired) electrons. The number of likely N-dealkylation sites (tertiary alicyclic amines) is 1. The van der Waals surface area contributed by atoms with Gasteiger partial charge < -0.3 is 14.4 Å². The number of rotatable bonds is 2. The van der Waals surface area contributed by atoms with E-state index in [-0.39, 0.29) is 17.8 Å². The van der Waals surface area contributed by atoms with Gasteiger partial charge in [-0.2, -0.15) is 5.26 Å². The number of piperidine rings is 1. The van der Waals surface area contributed by atoms with Gasteiger partial charge in [0.25, 0.3) is 0 Å². The summed E-state index contributed by atoms with van der Waals surface area (Å²) >= 11 is 0. The van der Waals surface area contributed by atoms with E-state index in [1.54, 1.807) is 4.90 Å². The van der Waals surface area contributed by atoms with Crippen molar-refractivity contribution in [3.8, 4) is 6.07 Å². The van der Waals surface area contributed by atoms with Crippen molar-refractivity contribution in [2.75, 3.05) is 13.1 Å². The van der Waals surface area contributed by atoms with Gasteiger partial charge in [-0.15, -0.1) is 0 Å². The van der Waals surface area contributed by atoms with E-state index in [1.807, 2.05) is 20.8 Å². The molecule has 1 spiro atoms. The van der Waals surface area contributed by atoms with Gasteiger partial charge in [0.15, 0.2) is 0 Å². The Hall–Kier alpha value is -1.28. The molecule has 0 aromatic heterocycles. The highest BCUT2D eigenvalue weighted by atomic mass is 16.6. The first-order chi connectivity index (χ1) is 9.84. The Bertz CT molecular complexity index is 424. The van der Waals surface area contributed by atoms with Crippen LogP contribution in [-0.2, 0) is 9.47 Å². The van der Waals surface area contributed by atoms with Gasteiger partial charge in [0.1, 0.15) is 5.60 Å². The molecule has 0 N–H and O–H groups in total. The molecule has 2 aliphatic rings. The quantitative estimate of drug-likeness (QED) is 0.784. The third-order valence-corrected chi connectivity index (χ3v) is 4.11. The number of nitrogens with zero attached hydrogens (tertiary/aromatic N) is 2. The molecule has 2 rings (SSSR count). The van der Waals surface area contributed by atoms with Crippen molar-refractivity contribution in [1.29, 1.82) is 5.26 Å². The van der Waals surface area contributed by atoms with E-state index in [0.717, 1.165) is 38.6 Å². The van der Waals surface area contributed by atoms with Crippen LogP contribution in [0.15, 0.2) is 0 Å². The van der Waals surface area contributed by atoms with Gasteiger partial charge in [-0.1, -0.05) is 0 Å². The van der Waals surface area contributed by atoms with Crippen LogP contribution in [0.2, 0.25) is 0 Å². The maximum Gasteiger partial charge on any atom is 0.410 e. The second-order valence-corrected chi connectivity index (χ2v) is 7.16. The first-order valence-electron chi connectivity index (χ1n) is 7.86. The van der Waals surface area contributed by atoms with Crippen molar-refractivity contribution < 1.29 is 14.3 Å². The molecule has 1 amide bonds. The largest absolute Gasteiger partial charge is 0.444 e. The van der Waals surface area contributed by atoms with E-state index >= 15 is 0 Å². The minimum Gasteiger partial charge on any atom is -0.444 e. The standard InChI is InChI=1S/C16H26N2O3/c1-15(2,3)21-14(19)18-11-5-8-16(12-18)9-7-13(20-16)6-4-10-17/h13H,4-9,11-12H2,1-3H3/t13-,16+/m0/s1. The fourth-order valence-corrected chi connectivity index (χ4v) is 3.20. The highest BCUT2D eigenvalue weighted by molar-refractivity contribution is 5.68. The lowest BCUT2D eigenvalue weighted by molar-refractivity contribution is -0.0857. The van der Waals surface area contributed by atoms with E-state index in [2.05, 4.69) is 6.07 Å². The van der Waals surface area contributed by atoms with E-state index < -0.39 is 5.60 Å². The number of hydrogen-bond acceptors (Lipinski definition) is 4. The Morgan fingerprint density at radius 3 is 2.90 bits per heavy atom. The molecular formula is C16H26N2O3. The van der Waals surface area contributed by atoms with Crippen LogP contribution in [0, 0.1) is 11.3 Å². The topological polar surface area (TPSA) is 62.6 Å². The molecule has 0 saturated carbocycles. The number of nitriles is 1. The van der Waals surface area contributed by atoms with Crippen LogP contribution in [0.25, 0.3) is 0 Å². The predicted molar refractivity (Wildman–Crippen MR) is 78.7 cm³/mol. The molecule has 5 nitrogen and oxygen atoms in total. The lowest BCUT2D eigenvalue weighted by atomic mass is 9.90. The summed E-state index contributed by atoms with van der Waals surface area (Å²) in [5, 5.41) is 8.68. The molecular weight excluding hydrogens is 268 g/mol. The molecule has 2 fully saturated rings. The van der Waals surface area contributed by atoms with Crippen LogP contribution >= 0.6 is 0 Å². The summed E-state index contributed by atoms with van der Waals surface area (Å²) in [6, 6.07) is 2.17. The van der Waals surface area contributed by atoms with Gasteiger partial charge in [-0.05, 0) is 52.9 Å². The van der Waals surface area contributed by atoms with Gasteiger partial charge in [0.2, 0.25) is 0 Å². The third kappa shape index (κ3) is 4.34. The Kier molecular flexibility index (Phi) is 4.77. The average Bonchev–Trinajstić information content (AvgIpc) is 2.77. The molecule has 2 heterocycles. The van der Waals surface area contributed by atoms with Gasteiger partial charge >= 0.3 is 6.09 Å². The van der Waals surface area contributed by atoms with Crippen molar-refractivity contribution in [3.05, 3.63) is 0 Å². The molecule has 21 heavy (non-hydrogen) atoms. The fraction of sp³-hybridized carbons (Fsp3) is 0.875. The summed E-state index contributed by atoms with van der Waals surface area (Å²) in [4.78, 5) is 14.0. The number of carbonyl (C=O) groups is 1. The fourth-order valence-electron chi connectivity index (χ4n) is 3.20. The summed E-state index contributed by atoms with van der Waals surface area (Å²) in [7, 11) is 0. The average molecular weight is 294 g/mol. The van der Waals surface area contributed by atoms with Crippen LogP contribution in [0.1, 0.15) is 59.3 Å². The normalized spacial score (nSPS) is 29.4. The molecule has 0 aliphatic carbocycles. The Balaban J connectivity index is 1.92. The van der Waals surface area contributed by atoms with Crippen molar-refractivity contribution in [3.63, 3.8) is 0 Å². The zero-order valence-corrected chi connectivity index (χ0v) is 13.4. The van der Waals surface area contributed by atoms with Crippen LogP contribution in [0.4, 0.5) is 4.79 Å². The van der Waals surface area contributed by atoms with Crippen LogP contribution in [0.3, 0.4) is 0 Å². The molecule has 118 valence electrons. The highest BCUT2D eigenvalue weighted by Crippen LogP contribution is 2.39. The third-order valence-electron chi connectivity index (χ3n) is 4.11. The second-order valence-electron chi connectivity index (χ2n) is 7.16. The van der Waals surface area contributed by atoms with E-state index in [0.29, 0.717) is 13.0 Å². The van der Waals surface area contributed by atoms with Crippen molar-refractivity contribution in [2.24, 2.45) is 0 Å². The molecule has 0 aromatic carbocycles. The number of amides is 1. The maximum atomic E-state index is 12.2. The first-order valence-corrected chi connectivity index (χ1v) is 7.86. The molecule has 0 bridgehead atoms. The zero-order chi connectivity index (χ0) is 15.5. The van der Waals surface area contributed by atoms with Gasteiger partial charge in [-0.3, -0.25) is 0 Å². The zero-order valence-electron chi connectivity index (χ0n) is 13.4. The monoisotopic (exact) mass is 294 g/mol. The molecule has 2 atom stereocenters. The number of hydrogen-bond donors (Lipinski definition) is 0. The Labute approximate surface area is 127 Å². The lowest BCUT2D eigenvalue weighted by Crippen LogP contribution is -2.51. The van der Waals surface area contributed by atoms with Gasteiger partial charge in [0, 0.05) is 13.0 Å². The Morgan fingerprint density at radius 1 is 1.48 bits per heavy atom. The molecule has 2 saturated heterocycles. The van der Waals surface area contributed by atoms with E-state index in [1.165, 1.54) is 0 Å². The van der Waals surface area contributed by atoms with Crippen molar-refractivity contribution in [2.45, 2.75) is 76.6 Å². The predicted octanol–water partition coefficient (Wildman–Crippen LogP) is 3.24. The molecule has 5 heteroatoms. The van der Waals surface area contributed by atoms with Crippen LogP contribution in [0.5, 0.6) is 0 Å². The van der Waals surface area contributed by atoms with Gasteiger partial charge in [-0.25, -0.2) is 4.79 Å². The summed E-state index contributed by atoms with van der Waals surface area (Å²) < 4.78 is 11.7. The SMILES string of the molecule is CC(C)(C)OC(=O)N1CCC[C@@]2(CC[C@H](CCC#N)O2)C1. The smallest absolute Gasteiger partial charge is 0.410 e. The number of ether oxygens (including phenoxy) is 2. The van der Waals surface area contributed by atoms with Gasteiger partial charge in [0.05, 0.1) is 24.3 Å². The highest BCUT2D eigenvalue weighted by Gasteiger charge is 2.44. The second kappa shape index (κ2) is 6.23. The van der Waals surface area contributed by atoms with E-state index in [9.17, 15) is 4.79 Å². The van der Waals surface area contributed by atoms with Crippen LogP contribution in [-0.4, -0.2) is 41.4 Å². The minimum atomic E-state index is -0.465. The summed E-state index contributed by atoms with van der Waals surface area (Å²) in [6.45, 7) is 7.01. The lowest BCUT2D eigenvalue weighted by Gasteiger charge is -2.40. The molecule has 0 aromatic rings. The summed E-state index contributed by atoms with van der Waals surface area (Å²) in [6.07, 6.45) is 5.17. The summed E-state index contributed by atoms with van der Waals surface area (Å²) in [5.41, 5.74) is -0.678. The first kappa shape index (κ1) is 16.1. The van der Waals surface area contributed by atoms with Crippen molar-refractivity contribution in [1.82, 2.24) is 4.90 Å².